The van der Waals surface area contributed by atoms with Gasteiger partial charge in [0.15, 0.2) is 0 Å². The second kappa shape index (κ2) is 4.67. The Kier molecular flexibility index (Phi) is 4.62. The van der Waals surface area contributed by atoms with E-state index in [9.17, 15) is 4.39 Å². The third-order valence-electron chi connectivity index (χ3n) is 1.57. The number of hydrogen-bond acceptors (Lipinski definition) is 1. The van der Waals surface area contributed by atoms with E-state index in [4.69, 9.17) is 0 Å². The first kappa shape index (κ1) is 9.89. The summed E-state index contributed by atoms with van der Waals surface area (Å²) in [6.45, 7) is 6.55. The average molecular weight is 147 g/mol. The zero-order chi connectivity index (χ0) is 8.04. The molecule has 0 saturated heterocycles. The van der Waals surface area contributed by atoms with Crippen LogP contribution in [0.4, 0.5) is 4.39 Å². The van der Waals surface area contributed by atoms with E-state index in [-0.39, 0.29) is 12.2 Å². The molecule has 1 nitrogen and oxygen atoms in total. The second-order valence-corrected chi connectivity index (χ2v) is 3.25. The molecule has 0 fully saturated rings. The maximum absolute atomic E-state index is 11.7. The van der Waals surface area contributed by atoms with Crippen molar-refractivity contribution >= 4 is 0 Å². The van der Waals surface area contributed by atoms with Crippen LogP contribution in [-0.2, 0) is 0 Å². The quantitative estimate of drug-likeness (QED) is 0.628. The third kappa shape index (κ3) is 4.74. The molecular formula is C8H18FN. The molecular weight excluding hydrogens is 129 g/mol. The van der Waals surface area contributed by atoms with Crippen molar-refractivity contribution in [3.8, 4) is 0 Å². The molecule has 0 bridgehead atoms. The molecule has 0 heterocycles. The van der Waals surface area contributed by atoms with Gasteiger partial charge < -0.3 is 5.32 Å². The molecule has 0 saturated carbocycles. The van der Waals surface area contributed by atoms with E-state index in [1.54, 1.807) is 0 Å². The molecule has 1 N–H and O–H groups in total. The molecule has 0 aromatic carbocycles. The van der Waals surface area contributed by atoms with Gasteiger partial charge in [0.05, 0.1) is 0 Å². The molecule has 0 spiro atoms. The molecule has 0 unspecified atom stereocenters. The lowest BCUT2D eigenvalue weighted by Gasteiger charge is -2.24. The lowest BCUT2D eigenvalue weighted by Crippen LogP contribution is -2.40. The van der Waals surface area contributed by atoms with E-state index in [0.717, 1.165) is 12.8 Å². The zero-order valence-electron chi connectivity index (χ0n) is 7.21. The summed E-state index contributed by atoms with van der Waals surface area (Å²) in [4.78, 5) is 0. The van der Waals surface area contributed by atoms with Gasteiger partial charge in [0.25, 0.3) is 0 Å². The number of hydrogen-bond donors (Lipinski definition) is 1. The Morgan fingerprint density at radius 1 is 1.40 bits per heavy atom. The van der Waals surface area contributed by atoms with Crippen LogP contribution in [-0.4, -0.2) is 18.8 Å². The molecule has 0 rings (SSSR count). The van der Waals surface area contributed by atoms with Crippen LogP contribution in [0.1, 0.15) is 33.6 Å². The van der Waals surface area contributed by atoms with E-state index in [1.807, 2.05) is 0 Å². The van der Waals surface area contributed by atoms with Crippen molar-refractivity contribution in [2.75, 3.05) is 13.2 Å². The highest BCUT2D eigenvalue weighted by atomic mass is 19.1. The molecule has 0 aliphatic rings. The lowest BCUT2D eigenvalue weighted by atomic mass is 9.99. The van der Waals surface area contributed by atoms with E-state index in [0.29, 0.717) is 6.54 Å². The highest BCUT2D eigenvalue weighted by Crippen LogP contribution is 2.09. The van der Waals surface area contributed by atoms with Crippen molar-refractivity contribution < 1.29 is 4.39 Å². The normalized spacial score (nSPS) is 12.0. The fourth-order valence-electron chi connectivity index (χ4n) is 1.10. The van der Waals surface area contributed by atoms with Crippen LogP contribution in [0.15, 0.2) is 0 Å². The SMILES string of the molecule is CCCC(C)(C)NCCF. The highest BCUT2D eigenvalue weighted by molar-refractivity contribution is 4.75. The Morgan fingerprint density at radius 3 is 2.40 bits per heavy atom. The fourth-order valence-corrected chi connectivity index (χ4v) is 1.10. The Balaban J connectivity index is 3.42. The molecule has 62 valence electrons. The molecule has 0 amide bonds. The smallest absolute Gasteiger partial charge is 0.102 e. The van der Waals surface area contributed by atoms with Gasteiger partial charge in [0, 0.05) is 12.1 Å². The number of rotatable bonds is 5. The summed E-state index contributed by atoms with van der Waals surface area (Å²) in [5.41, 5.74) is 0.112. The van der Waals surface area contributed by atoms with Crippen molar-refractivity contribution in [1.82, 2.24) is 5.32 Å². The van der Waals surface area contributed by atoms with Crippen molar-refractivity contribution in [2.45, 2.75) is 39.2 Å². The molecule has 0 radical (unpaired) electrons. The van der Waals surface area contributed by atoms with Gasteiger partial charge in [-0.15, -0.1) is 0 Å². The van der Waals surface area contributed by atoms with E-state index in [2.05, 4.69) is 26.1 Å². The first-order chi connectivity index (χ1) is 4.62. The number of alkyl halides is 1. The van der Waals surface area contributed by atoms with Crippen LogP contribution >= 0.6 is 0 Å². The van der Waals surface area contributed by atoms with Gasteiger partial charge in [0.2, 0.25) is 0 Å². The lowest BCUT2D eigenvalue weighted by molar-refractivity contribution is 0.335. The van der Waals surface area contributed by atoms with Gasteiger partial charge in [-0.1, -0.05) is 13.3 Å². The maximum Gasteiger partial charge on any atom is 0.102 e. The van der Waals surface area contributed by atoms with Crippen LogP contribution in [0.5, 0.6) is 0 Å². The van der Waals surface area contributed by atoms with Gasteiger partial charge in [-0.3, -0.25) is 0 Å². The Morgan fingerprint density at radius 2 is 2.00 bits per heavy atom. The van der Waals surface area contributed by atoms with Crippen molar-refractivity contribution in [1.29, 1.82) is 0 Å². The fraction of sp³-hybridized carbons (Fsp3) is 1.00. The van der Waals surface area contributed by atoms with Crippen LogP contribution in [0.2, 0.25) is 0 Å². The average Bonchev–Trinajstić information content (AvgIpc) is 1.84. The van der Waals surface area contributed by atoms with Crippen LogP contribution in [0, 0.1) is 0 Å². The van der Waals surface area contributed by atoms with Gasteiger partial charge in [0.1, 0.15) is 6.67 Å². The van der Waals surface area contributed by atoms with Crippen LogP contribution in [0.3, 0.4) is 0 Å². The molecule has 0 aliphatic carbocycles. The number of halogens is 1. The molecule has 0 aromatic heterocycles. The first-order valence-electron chi connectivity index (χ1n) is 3.93. The predicted molar refractivity (Wildman–Crippen MR) is 43.0 cm³/mol. The standard InChI is InChI=1S/C8H18FN/c1-4-5-8(2,3)10-7-6-9/h10H,4-7H2,1-3H3. The molecule has 0 aliphatic heterocycles. The van der Waals surface area contributed by atoms with Crippen molar-refractivity contribution in [2.24, 2.45) is 0 Å². The summed E-state index contributed by atoms with van der Waals surface area (Å²) in [5.74, 6) is 0. The first-order valence-corrected chi connectivity index (χ1v) is 3.93. The Labute approximate surface area is 63.0 Å². The van der Waals surface area contributed by atoms with Gasteiger partial charge in [-0.2, -0.15) is 0 Å². The van der Waals surface area contributed by atoms with E-state index >= 15 is 0 Å². The van der Waals surface area contributed by atoms with Gasteiger partial charge >= 0.3 is 0 Å². The zero-order valence-corrected chi connectivity index (χ0v) is 7.21. The Bertz CT molecular complexity index is 81.3. The summed E-state index contributed by atoms with van der Waals surface area (Å²) in [7, 11) is 0. The summed E-state index contributed by atoms with van der Waals surface area (Å²) in [6.07, 6.45) is 2.25. The van der Waals surface area contributed by atoms with E-state index in [1.165, 1.54) is 0 Å². The summed E-state index contributed by atoms with van der Waals surface area (Å²) in [6, 6.07) is 0. The maximum atomic E-state index is 11.7. The molecule has 0 atom stereocenters. The Hall–Kier alpha value is -0.110. The monoisotopic (exact) mass is 147 g/mol. The summed E-state index contributed by atoms with van der Waals surface area (Å²) < 4.78 is 11.7. The van der Waals surface area contributed by atoms with Gasteiger partial charge in [-0.25, -0.2) is 4.39 Å². The molecule has 0 aromatic rings. The van der Waals surface area contributed by atoms with Crippen molar-refractivity contribution in [3.05, 3.63) is 0 Å². The second-order valence-electron chi connectivity index (χ2n) is 3.25. The summed E-state index contributed by atoms with van der Waals surface area (Å²) in [5, 5.41) is 3.13. The van der Waals surface area contributed by atoms with E-state index < -0.39 is 0 Å². The van der Waals surface area contributed by atoms with Crippen LogP contribution < -0.4 is 5.32 Å². The van der Waals surface area contributed by atoms with Crippen LogP contribution in [0.25, 0.3) is 0 Å². The molecule has 10 heavy (non-hydrogen) atoms. The third-order valence-corrected chi connectivity index (χ3v) is 1.57. The minimum atomic E-state index is -0.271. The largest absolute Gasteiger partial charge is 0.309 e. The molecule has 2 heteroatoms. The van der Waals surface area contributed by atoms with Gasteiger partial charge in [-0.05, 0) is 20.3 Å². The predicted octanol–water partition coefficient (Wildman–Crippen LogP) is 2.12. The summed E-state index contributed by atoms with van der Waals surface area (Å²) >= 11 is 0. The highest BCUT2D eigenvalue weighted by Gasteiger charge is 2.13. The number of nitrogens with one attached hydrogen (secondary N) is 1. The van der Waals surface area contributed by atoms with Crippen molar-refractivity contribution in [3.63, 3.8) is 0 Å². The minimum absolute atomic E-state index is 0.112. The topological polar surface area (TPSA) is 12.0 Å². The minimum Gasteiger partial charge on any atom is -0.309 e.